The summed E-state index contributed by atoms with van der Waals surface area (Å²) in [7, 11) is 0. The van der Waals surface area contributed by atoms with E-state index in [9.17, 15) is 0 Å². The minimum atomic E-state index is 0.482. The Labute approximate surface area is 122 Å². The SMILES string of the molecule is Nc1ccc(-c2nc(C3CC4CCC3C4)no2)cc1Cl. The Hall–Kier alpha value is -1.55. The second-order valence-corrected chi connectivity index (χ2v) is 6.38. The van der Waals surface area contributed by atoms with Crippen LogP contribution in [0.15, 0.2) is 22.7 Å². The predicted octanol–water partition coefficient (Wildman–Crippen LogP) is 3.88. The highest BCUT2D eigenvalue weighted by atomic mass is 35.5. The van der Waals surface area contributed by atoms with Crippen LogP contribution < -0.4 is 5.73 Å². The summed E-state index contributed by atoms with van der Waals surface area (Å²) in [5.74, 6) is 3.50. The van der Waals surface area contributed by atoms with Gasteiger partial charge in [0.05, 0.1) is 10.7 Å². The molecule has 5 heteroatoms. The molecule has 2 aliphatic carbocycles. The molecule has 2 N–H and O–H groups in total. The molecule has 3 atom stereocenters. The van der Waals surface area contributed by atoms with Crippen molar-refractivity contribution in [3.05, 3.63) is 29.0 Å². The number of hydrogen-bond acceptors (Lipinski definition) is 4. The van der Waals surface area contributed by atoms with E-state index < -0.39 is 0 Å². The smallest absolute Gasteiger partial charge is 0.257 e. The molecular weight excluding hydrogens is 274 g/mol. The van der Waals surface area contributed by atoms with Crippen LogP contribution in [0.4, 0.5) is 5.69 Å². The molecule has 0 aliphatic heterocycles. The number of benzene rings is 1. The van der Waals surface area contributed by atoms with Crippen molar-refractivity contribution in [1.29, 1.82) is 0 Å². The number of halogens is 1. The number of nitrogen functional groups attached to an aromatic ring is 1. The average molecular weight is 290 g/mol. The van der Waals surface area contributed by atoms with Crippen LogP contribution in [0.5, 0.6) is 0 Å². The van der Waals surface area contributed by atoms with Crippen molar-refractivity contribution in [2.45, 2.75) is 31.6 Å². The lowest BCUT2D eigenvalue weighted by atomic mass is 9.88. The topological polar surface area (TPSA) is 64.9 Å². The van der Waals surface area contributed by atoms with Crippen molar-refractivity contribution in [2.75, 3.05) is 5.73 Å². The summed E-state index contributed by atoms with van der Waals surface area (Å²) < 4.78 is 5.41. The zero-order valence-corrected chi connectivity index (χ0v) is 11.8. The van der Waals surface area contributed by atoms with Gasteiger partial charge in [0.15, 0.2) is 5.82 Å². The number of aromatic nitrogens is 2. The Morgan fingerprint density at radius 2 is 2.15 bits per heavy atom. The first-order chi connectivity index (χ1) is 9.70. The molecule has 20 heavy (non-hydrogen) atoms. The highest BCUT2D eigenvalue weighted by molar-refractivity contribution is 6.33. The molecule has 0 saturated heterocycles. The Bertz CT molecular complexity index is 654. The summed E-state index contributed by atoms with van der Waals surface area (Å²) in [5.41, 5.74) is 7.10. The Balaban J connectivity index is 1.63. The summed E-state index contributed by atoms with van der Waals surface area (Å²) >= 11 is 6.03. The molecule has 2 fully saturated rings. The van der Waals surface area contributed by atoms with E-state index in [4.69, 9.17) is 21.9 Å². The number of rotatable bonds is 2. The van der Waals surface area contributed by atoms with Crippen molar-refractivity contribution in [3.63, 3.8) is 0 Å². The summed E-state index contributed by atoms with van der Waals surface area (Å²) in [6, 6.07) is 5.40. The number of nitrogens with zero attached hydrogens (tertiary/aromatic N) is 2. The quantitative estimate of drug-likeness (QED) is 0.852. The highest BCUT2D eigenvalue weighted by Gasteiger charge is 2.42. The highest BCUT2D eigenvalue weighted by Crippen LogP contribution is 2.52. The standard InChI is InChI=1S/C15H16ClN3O/c16-12-7-10(3-4-13(12)17)15-18-14(19-20-15)11-6-8-1-2-9(11)5-8/h3-4,7-9,11H,1-2,5-6,17H2. The molecule has 0 spiro atoms. The number of fused-ring (bicyclic) bond motifs is 2. The van der Waals surface area contributed by atoms with Crippen LogP contribution in [-0.4, -0.2) is 10.1 Å². The van der Waals surface area contributed by atoms with Gasteiger partial charge in [0.1, 0.15) is 0 Å². The zero-order valence-electron chi connectivity index (χ0n) is 11.1. The molecule has 4 rings (SSSR count). The third-order valence-corrected chi connectivity index (χ3v) is 5.09. The Morgan fingerprint density at radius 1 is 1.25 bits per heavy atom. The van der Waals surface area contributed by atoms with Gasteiger partial charge in [0.25, 0.3) is 5.89 Å². The lowest BCUT2D eigenvalue weighted by molar-refractivity contribution is 0.372. The molecule has 2 saturated carbocycles. The largest absolute Gasteiger partial charge is 0.398 e. The van der Waals surface area contributed by atoms with Gasteiger partial charge in [0, 0.05) is 11.5 Å². The maximum Gasteiger partial charge on any atom is 0.257 e. The molecule has 2 aliphatic rings. The first-order valence-electron chi connectivity index (χ1n) is 7.09. The van der Waals surface area contributed by atoms with E-state index in [1.807, 2.05) is 6.07 Å². The summed E-state index contributed by atoms with van der Waals surface area (Å²) in [5, 5.41) is 4.70. The van der Waals surface area contributed by atoms with Gasteiger partial charge in [-0.15, -0.1) is 0 Å². The van der Waals surface area contributed by atoms with Gasteiger partial charge >= 0.3 is 0 Å². The van der Waals surface area contributed by atoms with Crippen molar-refractivity contribution >= 4 is 17.3 Å². The van der Waals surface area contributed by atoms with Crippen LogP contribution >= 0.6 is 11.6 Å². The van der Waals surface area contributed by atoms with Crippen molar-refractivity contribution < 1.29 is 4.52 Å². The fraction of sp³-hybridized carbons (Fsp3) is 0.467. The van der Waals surface area contributed by atoms with Gasteiger partial charge < -0.3 is 10.3 Å². The maximum absolute atomic E-state index is 6.03. The fourth-order valence-electron chi connectivity index (χ4n) is 3.72. The Kier molecular flexibility index (Phi) is 2.74. The monoisotopic (exact) mass is 289 g/mol. The van der Waals surface area contributed by atoms with Crippen LogP contribution in [0, 0.1) is 11.8 Å². The number of nitrogens with two attached hydrogens (primary N) is 1. The summed E-state index contributed by atoms with van der Waals surface area (Å²) in [4.78, 5) is 4.57. The van der Waals surface area contributed by atoms with Crippen LogP contribution in [-0.2, 0) is 0 Å². The molecule has 0 amide bonds. The second-order valence-electron chi connectivity index (χ2n) is 5.98. The van der Waals surface area contributed by atoms with Gasteiger partial charge in [-0.3, -0.25) is 0 Å². The fourth-order valence-corrected chi connectivity index (χ4v) is 3.90. The van der Waals surface area contributed by atoms with E-state index in [2.05, 4.69) is 10.1 Å². The van der Waals surface area contributed by atoms with Crippen LogP contribution in [0.1, 0.15) is 37.4 Å². The van der Waals surface area contributed by atoms with Gasteiger partial charge in [-0.1, -0.05) is 23.2 Å². The average Bonchev–Trinajstić information content (AvgIpc) is 3.16. The first kappa shape index (κ1) is 12.2. The van der Waals surface area contributed by atoms with Crippen molar-refractivity contribution in [2.24, 2.45) is 11.8 Å². The van der Waals surface area contributed by atoms with E-state index in [0.717, 1.165) is 23.2 Å². The first-order valence-corrected chi connectivity index (χ1v) is 7.47. The molecule has 1 aromatic carbocycles. The minimum Gasteiger partial charge on any atom is -0.398 e. The zero-order chi connectivity index (χ0) is 13.7. The minimum absolute atomic E-state index is 0.482. The van der Waals surface area contributed by atoms with E-state index in [1.165, 1.54) is 25.7 Å². The van der Waals surface area contributed by atoms with Crippen molar-refractivity contribution in [3.8, 4) is 11.5 Å². The molecule has 2 bridgehead atoms. The lowest BCUT2D eigenvalue weighted by Crippen LogP contribution is -2.09. The molecule has 3 unspecified atom stereocenters. The van der Waals surface area contributed by atoms with E-state index in [-0.39, 0.29) is 0 Å². The van der Waals surface area contributed by atoms with Crippen LogP contribution in [0.25, 0.3) is 11.5 Å². The molecular formula is C15H16ClN3O. The summed E-state index contributed by atoms with van der Waals surface area (Å²) in [6.45, 7) is 0. The number of anilines is 1. The van der Waals surface area contributed by atoms with Crippen LogP contribution in [0.2, 0.25) is 5.02 Å². The van der Waals surface area contributed by atoms with E-state index in [0.29, 0.717) is 22.5 Å². The van der Waals surface area contributed by atoms with Gasteiger partial charge in [0.2, 0.25) is 0 Å². The van der Waals surface area contributed by atoms with Crippen molar-refractivity contribution in [1.82, 2.24) is 10.1 Å². The van der Waals surface area contributed by atoms with E-state index in [1.54, 1.807) is 12.1 Å². The third-order valence-electron chi connectivity index (χ3n) is 4.76. The Morgan fingerprint density at radius 3 is 2.85 bits per heavy atom. The number of hydrogen-bond donors (Lipinski definition) is 1. The third kappa shape index (κ3) is 1.90. The van der Waals surface area contributed by atoms with Gasteiger partial charge in [-0.05, 0) is 49.3 Å². The molecule has 1 aromatic heterocycles. The van der Waals surface area contributed by atoms with E-state index >= 15 is 0 Å². The normalized spacial score (nSPS) is 28.1. The molecule has 2 aromatic rings. The predicted molar refractivity (Wildman–Crippen MR) is 77.3 cm³/mol. The summed E-state index contributed by atoms with van der Waals surface area (Å²) in [6.07, 6.45) is 5.24. The molecule has 4 nitrogen and oxygen atoms in total. The van der Waals surface area contributed by atoms with Crippen LogP contribution in [0.3, 0.4) is 0 Å². The van der Waals surface area contributed by atoms with Gasteiger partial charge in [-0.25, -0.2) is 0 Å². The lowest BCUT2D eigenvalue weighted by Gasteiger charge is -2.17. The molecule has 104 valence electrons. The second kappa shape index (κ2) is 4.48. The maximum atomic E-state index is 6.03. The molecule has 0 radical (unpaired) electrons. The molecule has 1 heterocycles. The van der Waals surface area contributed by atoms with Gasteiger partial charge in [-0.2, -0.15) is 4.98 Å².